The van der Waals surface area contributed by atoms with Crippen LogP contribution in [0.5, 0.6) is 5.75 Å². The van der Waals surface area contributed by atoms with Gasteiger partial charge in [-0.25, -0.2) is 13.8 Å². The van der Waals surface area contributed by atoms with Crippen molar-refractivity contribution in [3.63, 3.8) is 0 Å². The highest BCUT2D eigenvalue weighted by Crippen LogP contribution is 2.29. The molecule has 2 N–H and O–H groups in total. The molecule has 6 nitrogen and oxygen atoms in total. The summed E-state index contributed by atoms with van der Waals surface area (Å²) in [6.07, 6.45) is 0.518. The zero-order valence-corrected chi connectivity index (χ0v) is 15.7. The van der Waals surface area contributed by atoms with Crippen LogP contribution in [-0.2, 0) is 4.79 Å². The van der Waals surface area contributed by atoms with Crippen molar-refractivity contribution >= 4 is 38.5 Å². The molecular weight excluding hydrogens is 388 g/mol. The van der Waals surface area contributed by atoms with E-state index < -0.39 is 17.5 Å². The molecule has 0 aliphatic carbocycles. The number of hydrogen-bond acceptors (Lipinski definition) is 5. The van der Waals surface area contributed by atoms with E-state index in [0.717, 1.165) is 22.3 Å². The Kier molecular flexibility index (Phi) is 6.15. The van der Waals surface area contributed by atoms with Crippen LogP contribution < -0.4 is 15.4 Å². The summed E-state index contributed by atoms with van der Waals surface area (Å²) in [5.74, 6) is -1.87. The van der Waals surface area contributed by atoms with Crippen molar-refractivity contribution in [2.75, 3.05) is 19.0 Å². The van der Waals surface area contributed by atoms with E-state index in [1.807, 2.05) is 12.1 Å². The Hall–Kier alpha value is -3.07. The summed E-state index contributed by atoms with van der Waals surface area (Å²) in [5.41, 5.74) is 0.519. The standard InChI is InChI=1S/C19H17F2N3O3S/c1-27-12-5-7-15-16(10-12)28-19(23-15)24-17(25)3-2-8-22-18(26)13-6-4-11(20)9-14(13)21/h4-7,9-10H,2-3,8H2,1H3,(H,22,26)(H,23,24,25). The first-order valence-electron chi connectivity index (χ1n) is 8.44. The second-order valence-electron chi connectivity index (χ2n) is 5.88. The van der Waals surface area contributed by atoms with Gasteiger partial charge in [-0.1, -0.05) is 11.3 Å². The van der Waals surface area contributed by atoms with E-state index in [1.165, 1.54) is 11.3 Å². The lowest BCUT2D eigenvalue weighted by atomic mass is 10.2. The summed E-state index contributed by atoms with van der Waals surface area (Å²) < 4.78 is 32.5. The molecule has 0 saturated heterocycles. The van der Waals surface area contributed by atoms with Gasteiger partial charge in [-0.15, -0.1) is 0 Å². The molecule has 1 aromatic heterocycles. The van der Waals surface area contributed by atoms with Crippen LogP contribution in [0.4, 0.5) is 13.9 Å². The molecule has 28 heavy (non-hydrogen) atoms. The predicted molar refractivity (Wildman–Crippen MR) is 103 cm³/mol. The van der Waals surface area contributed by atoms with Gasteiger partial charge in [0.25, 0.3) is 5.91 Å². The topological polar surface area (TPSA) is 80.3 Å². The van der Waals surface area contributed by atoms with Crippen LogP contribution in [0.25, 0.3) is 10.2 Å². The summed E-state index contributed by atoms with van der Waals surface area (Å²) in [7, 11) is 1.58. The van der Waals surface area contributed by atoms with Crippen molar-refractivity contribution < 1.29 is 23.1 Å². The first-order chi connectivity index (χ1) is 13.5. The van der Waals surface area contributed by atoms with Crippen molar-refractivity contribution in [1.29, 1.82) is 0 Å². The molecule has 9 heteroatoms. The fourth-order valence-electron chi connectivity index (χ4n) is 2.49. The maximum Gasteiger partial charge on any atom is 0.254 e. The molecule has 0 bridgehead atoms. The van der Waals surface area contributed by atoms with Crippen LogP contribution in [-0.4, -0.2) is 30.5 Å². The Morgan fingerprint density at radius 2 is 2.00 bits per heavy atom. The van der Waals surface area contributed by atoms with Gasteiger partial charge in [-0.05, 0) is 36.8 Å². The van der Waals surface area contributed by atoms with Crippen LogP contribution in [0.3, 0.4) is 0 Å². The fraction of sp³-hybridized carbons (Fsp3) is 0.211. The SMILES string of the molecule is COc1ccc2nc(NC(=O)CCCNC(=O)c3ccc(F)cc3F)sc2c1. The number of benzene rings is 2. The van der Waals surface area contributed by atoms with Crippen molar-refractivity contribution in [3.05, 3.63) is 53.6 Å². The van der Waals surface area contributed by atoms with Gasteiger partial charge in [0.2, 0.25) is 5.91 Å². The lowest BCUT2D eigenvalue weighted by molar-refractivity contribution is -0.116. The smallest absolute Gasteiger partial charge is 0.254 e. The molecule has 0 atom stereocenters. The fourth-order valence-corrected chi connectivity index (χ4v) is 3.40. The second-order valence-corrected chi connectivity index (χ2v) is 6.92. The van der Waals surface area contributed by atoms with Crippen LogP contribution in [0.1, 0.15) is 23.2 Å². The monoisotopic (exact) mass is 405 g/mol. The van der Waals surface area contributed by atoms with Crippen LogP contribution in [0.15, 0.2) is 36.4 Å². The normalized spacial score (nSPS) is 10.7. The van der Waals surface area contributed by atoms with E-state index in [2.05, 4.69) is 15.6 Å². The largest absolute Gasteiger partial charge is 0.497 e. The summed E-state index contributed by atoms with van der Waals surface area (Å²) in [6.45, 7) is 0.181. The highest BCUT2D eigenvalue weighted by molar-refractivity contribution is 7.22. The summed E-state index contributed by atoms with van der Waals surface area (Å²) in [4.78, 5) is 28.2. The van der Waals surface area contributed by atoms with Crippen LogP contribution >= 0.6 is 11.3 Å². The Bertz CT molecular complexity index is 1020. The summed E-state index contributed by atoms with van der Waals surface area (Å²) in [6, 6.07) is 8.18. The van der Waals surface area contributed by atoms with E-state index in [4.69, 9.17) is 4.74 Å². The number of amides is 2. The maximum atomic E-state index is 13.5. The molecule has 1 heterocycles. The molecule has 3 rings (SSSR count). The van der Waals surface area contributed by atoms with Gasteiger partial charge in [0.15, 0.2) is 5.13 Å². The van der Waals surface area contributed by atoms with Gasteiger partial charge >= 0.3 is 0 Å². The highest BCUT2D eigenvalue weighted by atomic mass is 32.1. The number of nitrogens with one attached hydrogen (secondary N) is 2. The molecule has 146 valence electrons. The zero-order valence-electron chi connectivity index (χ0n) is 14.9. The van der Waals surface area contributed by atoms with Crippen molar-refractivity contribution in [2.45, 2.75) is 12.8 Å². The minimum absolute atomic E-state index is 0.158. The maximum absolute atomic E-state index is 13.5. The molecular formula is C19H17F2N3O3S. The minimum Gasteiger partial charge on any atom is -0.497 e. The minimum atomic E-state index is -0.928. The van der Waals surface area contributed by atoms with Gasteiger partial charge < -0.3 is 15.4 Å². The van der Waals surface area contributed by atoms with Gasteiger partial charge in [-0.2, -0.15) is 0 Å². The number of halogens is 2. The van der Waals surface area contributed by atoms with Gasteiger partial charge in [-0.3, -0.25) is 9.59 Å². The lowest BCUT2D eigenvalue weighted by Crippen LogP contribution is -2.26. The van der Waals surface area contributed by atoms with Gasteiger partial charge in [0.05, 0.1) is 22.9 Å². The lowest BCUT2D eigenvalue weighted by Gasteiger charge is -2.06. The molecule has 2 aromatic carbocycles. The van der Waals surface area contributed by atoms with Gasteiger partial charge in [0, 0.05) is 19.0 Å². The molecule has 0 unspecified atom stereocenters. The number of hydrogen-bond donors (Lipinski definition) is 2. The second kappa shape index (κ2) is 8.75. The molecule has 0 spiro atoms. The van der Waals surface area contributed by atoms with Crippen molar-refractivity contribution in [2.24, 2.45) is 0 Å². The molecule has 0 radical (unpaired) electrons. The Morgan fingerprint density at radius 3 is 2.75 bits per heavy atom. The number of methoxy groups -OCH3 is 1. The van der Waals surface area contributed by atoms with Gasteiger partial charge in [0.1, 0.15) is 17.4 Å². The number of ether oxygens (including phenoxy) is 1. The predicted octanol–water partition coefficient (Wildman–Crippen LogP) is 3.73. The number of nitrogens with zero attached hydrogens (tertiary/aromatic N) is 1. The number of anilines is 1. The first kappa shape index (κ1) is 19.7. The highest BCUT2D eigenvalue weighted by Gasteiger charge is 2.13. The number of rotatable bonds is 7. The van der Waals surface area contributed by atoms with E-state index in [1.54, 1.807) is 13.2 Å². The summed E-state index contributed by atoms with van der Waals surface area (Å²) >= 11 is 1.33. The van der Waals surface area contributed by atoms with E-state index >= 15 is 0 Å². The Balaban J connectivity index is 1.46. The van der Waals surface area contributed by atoms with E-state index in [0.29, 0.717) is 23.4 Å². The van der Waals surface area contributed by atoms with Crippen LogP contribution in [0, 0.1) is 11.6 Å². The van der Waals surface area contributed by atoms with E-state index in [-0.39, 0.29) is 24.4 Å². The quantitative estimate of drug-likeness (QED) is 0.587. The molecule has 0 aliphatic rings. The number of aromatic nitrogens is 1. The average Bonchev–Trinajstić information content (AvgIpc) is 3.06. The Labute approximate surface area is 163 Å². The average molecular weight is 405 g/mol. The third-order valence-electron chi connectivity index (χ3n) is 3.88. The third-order valence-corrected chi connectivity index (χ3v) is 4.82. The number of fused-ring (bicyclic) bond motifs is 1. The molecule has 2 amide bonds. The molecule has 0 aliphatic heterocycles. The van der Waals surface area contributed by atoms with E-state index in [9.17, 15) is 18.4 Å². The number of carbonyl (C=O) groups excluding carboxylic acids is 2. The zero-order chi connectivity index (χ0) is 20.1. The first-order valence-corrected chi connectivity index (χ1v) is 9.25. The Morgan fingerprint density at radius 1 is 1.18 bits per heavy atom. The molecule has 3 aromatic rings. The molecule has 0 saturated carbocycles. The third kappa shape index (κ3) is 4.80. The molecule has 0 fully saturated rings. The number of thiazole rings is 1. The van der Waals surface area contributed by atoms with Crippen molar-refractivity contribution in [1.82, 2.24) is 10.3 Å². The van der Waals surface area contributed by atoms with Crippen molar-refractivity contribution in [3.8, 4) is 5.75 Å². The number of carbonyl (C=O) groups is 2. The van der Waals surface area contributed by atoms with Crippen LogP contribution in [0.2, 0.25) is 0 Å². The summed E-state index contributed by atoms with van der Waals surface area (Å²) in [5, 5.41) is 5.70.